The fourth-order valence-electron chi connectivity index (χ4n) is 3.50. The zero-order valence-electron chi connectivity index (χ0n) is 19.2. The topological polar surface area (TPSA) is 125 Å². The van der Waals surface area contributed by atoms with Crippen molar-refractivity contribution in [3.8, 4) is 17.3 Å². The van der Waals surface area contributed by atoms with Gasteiger partial charge in [-0.2, -0.15) is 5.26 Å². The Morgan fingerprint density at radius 1 is 1.21 bits per heavy atom. The third-order valence-electron chi connectivity index (χ3n) is 5.81. The fraction of sp³-hybridized carbons (Fsp3) is 0.308. The second-order valence-electron chi connectivity index (χ2n) is 9.02. The number of nitriles is 1. The van der Waals surface area contributed by atoms with Gasteiger partial charge in [-0.15, -0.1) is 0 Å². The molecule has 0 saturated heterocycles. The molecular formula is C26H26N6O2. The van der Waals surface area contributed by atoms with Crippen molar-refractivity contribution < 1.29 is 4.79 Å². The number of hydrogen-bond donors (Lipinski definition) is 2. The molecule has 8 nitrogen and oxygen atoms in total. The molecule has 1 aliphatic carbocycles. The predicted molar refractivity (Wildman–Crippen MR) is 129 cm³/mol. The quantitative estimate of drug-likeness (QED) is 0.377. The maximum Gasteiger partial charge on any atom is 0.251 e. The van der Waals surface area contributed by atoms with Gasteiger partial charge >= 0.3 is 0 Å². The van der Waals surface area contributed by atoms with E-state index in [0.29, 0.717) is 22.9 Å². The summed E-state index contributed by atoms with van der Waals surface area (Å²) in [4.78, 5) is 33.6. The van der Waals surface area contributed by atoms with Gasteiger partial charge in [-0.3, -0.25) is 19.1 Å². The van der Waals surface area contributed by atoms with Crippen LogP contribution in [0.1, 0.15) is 54.7 Å². The molecule has 0 unspecified atom stereocenters. The summed E-state index contributed by atoms with van der Waals surface area (Å²) in [5.41, 5.74) is 1.83. The molecule has 0 amide bonds. The van der Waals surface area contributed by atoms with Gasteiger partial charge in [0.1, 0.15) is 11.2 Å². The Bertz CT molecular complexity index is 1330. The van der Waals surface area contributed by atoms with Gasteiger partial charge in [0.15, 0.2) is 5.78 Å². The molecule has 2 aromatic heterocycles. The number of hydrogen-bond acceptors (Lipinski definition) is 7. The van der Waals surface area contributed by atoms with Crippen LogP contribution in [0.25, 0.3) is 11.3 Å². The van der Waals surface area contributed by atoms with Crippen LogP contribution in [0.15, 0.2) is 59.8 Å². The fourth-order valence-corrected chi connectivity index (χ4v) is 3.50. The summed E-state index contributed by atoms with van der Waals surface area (Å²) in [5.74, 6) is -0.315. The van der Waals surface area contributed by atoms with E-state index in [1.807, 2.05) is 24.3 Å². The standard InChI is InChI=1S/C26H26N6O2/c1-26(2,16-27)32-15-19(7-10-25(32)34)22-13-29-14-23(31-22)24(33)11-21(28)18-5-3-17(4-6-18)12-30-20-8-9-20/h3-7,10,13-15,20,28,30H,8-9,11-12H2,1-2H3. The molecule has 0 radical (unpaired) electrons. The summed E-state index contributed by atoms with van der Waals surface area (Å²) in [6.45, 7) is 4.09. The summed E-state index contributed by atoms with van der Waals surface area (Å²) in [7, 11) is 0. The molecule has 2 N–H and O–H groups in total. The average molecular weight is 455 g/mol. The van der Waals surface area contributed by atoms with Crippen molar-refractivity contribution in [2.24, 2.45) is 0 Å². The molecule has 1 aliphatic rings. The van der Waals surface area contributed by atoms with Gasteiger partial charge in [-0.25, -0.2) is 4.98 Å². The van der Waals surface area contributed by atoms with Crippen molar-refractivity contribution in [3.63, 3.8) is 0 Å². The number of rotatable bonds is 9. The van der Waals surface area contributed by atoms with Crippen LogP contribution in [0.2, 0.25) is 0 Å². The number of Topliss-reactive ketones (excluding diaryl/α,β-unsaturated/α-hetero) is 1. The molecule has 8 heteroatoms. The van der Waals surface area contributed by atoms with Crippen LogP contribution in [0.4, 0.5) is 0 Å². The highest BCUT2D eigenvalue weighted by Crippen LogP contribution is 2.20. The van der Waals surface area contributed by atoms with Crippen molar-refractivity contribution in [1.82, 2.24) is 19.9 Å². The normalized spacial score (nSPS) is 13.3. The van der Waals surface area contributed by atoms with E-state index in [4.69, 9.17) is 5.41 Å². The van der Waals surface area contributed by atoms with E-state index in [-0.39, 0.29) is 29.2 Å². The number of carbonyl (C=O) groups is 1. The molecule has 2 heterocycles. The number of nitrogens with zero attached hydrogens (tertiary/aromatic N) is 4. The Hall–Kier alpha value is -3.96. The molecular weight excluding hydrogens is 428 g/mol. The minimum atomic E-state index is -1.04. The number of pyridine rings is 1. The molecule has 0 aliphatic heterocycles. The Morgan fingerprint density at radius 3 is 2.62 bits per heavy atom. The first-order valence-corrected chi connectivity index (χ1v) is 11.2. The van der Waals surface area contributed by atoms with Crippen molar-refractivity contribution in [3.05, 3.63) is 82.2 Å². The first kappa shape index (κ1) is 23.2. The number of aromatic nitrogens is 3. The van der Waals surface area contributed by atoms with Crippen molar-refractivity contribution in [1.29, 1.82) is 10.7 Å². The first-order valence-electron chi connectivity index (χ1n) is 11.2. The van der Waals surface area contributed by atoms with Crippen LogP contribution in [0, 0.1) is 16.7 Å². The van der Waals surface area contributed by atoms with Gasteiger partial charge in [0, 0.05) is 36.1 Å². The van der Waals surface area contributed by atoms with Crippen molar-refractivity contribution in [2.45, 2.75) is 51.2 Å². The Labute approximate surface area is 197 Å². The lowest BCUT2D eigenvalue weighted by Gasteiger charge is -2.19. The van der Waals surface area contributed by atoms with E-state index >= 15 is 0 Å². The lowest BCUT2D eigenvalue weighted by Crippen LogP contribution is -2.34. The Kier molecular flexibility index (Phi) is 6.48. The van der Waals surface area contributed by atoms with E-state index in [1.165, 1.54) is 35.9 Å². The minimum Gasteiger partial charge on any atom is -0.310 e. The number of ketones is 1. The molecule has 0 atom stereocenters. The van der Waals surface area contributed by atoms with Crippen LogP contribution in [-0.2, 0) is 12.1 Å². The summed E-state index contributed by atoms with van der Waals surface area (Å²) < 4.78 is 1.33. The summed E-state index contributed by atoms with van der Waals surface area (Å²) in [6.07, 6.45) is 6.79. The highest BCUT2D eigenvalue weighted by atomic mass is 16.1. The van der Waals surface area contributed by atoms with E-state index in [1.54, 1.807) is 26.1 Å². The second-order valence-corrected chi connectivity index (χ2v) is 9.02. The van der Waals surface area contributed by atoms with Gasteiger partial charge in [0.25, 0.3) is 5.56 Å². The smallest absolute Gasteiger partial charge is 0.251 e. The van der Waals surface area contributed by atoms with Gasteiger partial charge in [0.05, 0.1) is 30.6 Å². The molecule has 3 aromatic rings. The molecule has 4 rings (SSSR count). The van der Waals surface area contributed by atoms with Crippen LogP contribution >= 0.6 is 0 Å². The average Bonchev–Trinajstić information content (AvgIpc) is 3.68. The lowest BCUT2D eigenvalue weighted by atomic mass is 10.0. The second kappa shape index (κ2) is 9.49. The molecule has 0 bridgehead atoms. The Balaban J connectivity index is 1.48. The summed E-state index contributed by atoms with van der Waals surface area (Å²) >= 11 is 0. The summed E-state index contributed by atoms with van der Waals surface area (Å²) in [5, 5.41) is 21.2. The number of nitrogens with one attached hydrogen (secondary N) is 2. The number of carbonyl (C=O) groups excluding carboxylic acids is 1. The van der Waals surface area contributed by atoms with E-state index in [2.05, 4.69) is 21.4 Å². The van der Waals surface area contributed by atoms with Crippen LogP contribution in [0.3, 0.4) is 0 Å². The third-order valence-corrected chi connectivity index (χ3v) is 5.81. The number of benzene rings is 1. The van der Waals surface area contributed by atoms with Crippen LogP contribution in [-0.4, -0.2) is 32.1 Å². The SMILES string of the molecule is CC(C)(C#N)n1cc(-c2cncc(C(=O)CC(=N)c3ccc(CNC4CC4)cc3)n2)ccc1=O. The van der Waals surface area contributed by atoms with Crippen LogP contribution in [0.5, 0.6) is 0 Å². The first-order chi connectivity index (χ1) is 16.3. The largest absolute Gasteiger partial charge is 0.310 e. The van der Waals surface area contributed by atoms with Crippen molar-refractivity contribution >= 4 is 11.5 Å². The highest BCUT2D eigenvalue weighted by molar-refractivity contribution is 6.14. The summed E-state index contributed by atoms with van der Waals surface area (Å²) in [6, 6.07) is 13.4. The van der Waals surface area contributed by atoms with E-state index < -0.39 is 5.54 Å². The van der Waals surface area contributed by atoms with Crippen LogP contribution < -0.4 is 10.9 Å². The molecule has 172 valence electrons. The van der Waals surface area contributed by atoms with Gasteiger partial charge < -0.3 is 10.7 Å². The zero-order chi connectivity index (χ0) is 24.3. The van der Waals surface area contributed by atoms with E-state index in [9.17, 15) is 14.9 Å². The zero-order valence-corrected chi connectivity index (χ0v) is 19.2. The minimum absolute atomic E-state index is 0.0984. The maximum atomic E-state index is 12.8. The molecule has 34 heavy (non-hydrogen) atoms. The van der Waals surface area contributed by atoms with Gasteiger partial charge in [-0.1, -0.05) is 24.3 Å². The van der Waals surface area contributed by atoms with Gasteiger partial charge in [-0.05, 0) is 43.9 Å². The highest BCUT2D eigenvalue weighted by Gasteiger charge is 2.22. The monoisotopic (exact) mass is 454 g/mol. The lowest BCUT2D eigenvalue weighted by molar-refractivity contribution is 0.0995. The Morgan fingerprint density at radius 2 is 1.94 bits per heavy atom. The molecule has 1 fully saturated rings. The third kappa shape index (κ3) is 5.33. The maximum absolute atomic E-state index is 12.8. The predicted octanol–water partition coefficient (Wildman–Crippen LogP) is 3.46. The van der Waals surface area contributed by atoms with Gasteiger partial charge in [0.2, 0.25) is 0 Å². The van der Waals surface area contributed by atoms with E-state index in [0.717, 1.165) is 12.1 Å². The molecule has 1 aromatic carbocycles. The molecule has 0 spiro atoms. The molecule has 1 saturated carbocycles. The van der Waals surface area contributed by atoms with Crippen molar-refractivity contribution in [2.75, 3.05) is 0 Å².